The molecule has 0 spiro atoms. The standard InChI is InChI=1S/C30H32FN5O4/c1-39-26-17-16-21(18-27(26)40-2)36(28(37)19-35-25-15-9-8-14-24(25)33-34-35)29(22-12-6-7-13-23(22)31)30(38)32-20-10-4-3-5-11-20/h6-9,12-18,20,29H,3-5,10-11,19H2,1-2H3,(H,32,38)/t29-/m0/s1. The molecule has 1 saturated carbocycles. The molecule has 1 aliphatic carbocycles. The van der Waals surface area contributed by atoms with Gasteiger partial charge in [-0.05, 0) is 43.2 Å². The molecule has 1 N–H and O–H groups in total. The first-order valence-electron chi connectivity index (χ1n) is 13.4. The van der Waals surface area contributed by atoms with Gasteiger partial charge in [0.15, 0.2) is 11.5 Å². The molecular formula is C30H32FN5O4. The Morgan fingerprint density at radius 2 is 1.73 bits per heavy atom. The number of para-hydroxylation sites is 1. The van der Waals surface area contributed by atoms with E-state index in [0.29, 0.717) is 28.2 Å². The first-order valence-corrected chi connectivity index (χ1v) is 13.4. The summed E-state index contributed by atoms with van der Waals surface area (Å²) in [5.74, 6) is -0.701. The van der Waals surface area contributed by atoms with Crippen LogP contribution in [0.5, 0.6) is 11.5 Å². The van der Waals surface area contributed by atoms with Crippen LogP contribution in [0.3, 0.4) is 0 Å². The van der Waals surface area contributed by atoms with Crippen molar-refractivity contribution in [3.63, 3.8) is 0 Å². The predicted octanol–water partition coefficient (Wildman–Crippen LogP) is 4.81. The fourth-order valence-corrected chi connectivity index (χ4v) is 5.27. The largest absolute Gasteiger partial charge is 0.493 e. The summed E-state index contributed by atoms with van der Waals surface area (Å²) in [5, 5.41) is 11.4. The molecule has 0 aliphatic heterocycles. The minimum Gasteiger partial charge on any atom is -0.493 e. The molecule has 0 bridgehead atoms. The average Bonchev–Trinajstić information content (AvgIpc) is 3.39. The Labute approximate surface area is 231 Å². The van der Waals surface area contributed by atoms with Crippen LogP contribution in [0.4, 0.5) is 10.1 Å². The third kappa shape index (κ3) is 5.61. The number of carbonyl (C=O) groups is 2. The number of aromatic nitrogens is 3. The highest BCUT2D eigenvalue weighted by atomic mass is 19.1. The van der Waals surface area contributed by atoms with Gasteiger partial charge in [0.05, 0.1) is 19.7 Å². The molecular weight excluding hydrogens is 513 g/mol. The number of anilines is 1. The fourth-order valence-electron chi connectivity index (χ4n) is 5.27. The number of halogens is 1. The number of ether oxygens (including phenoxy) is 2. The van der Waals surface area contributed by atoms with Gasteiger partial charge in [-0.15, -0.1) is 5.10 Å². The SMILES string of the molecule is COc1ccc(N(C(=O)Cn2nnc3ccccc32)[C@H](C(=O)NC2CCCCC2)c2ccccc2F)cc1OC. The lowest BCUT2D eigenvalue weighted by Crippen LogP contribution is -2.48. The maximum atomic E-state index is 15.4. The predicted molar refractivity (Wildman–Crippen MR) is 149 cm³/mol. The van der Waals surface area contributed by atoms with Crippen molar-refractivity contribution in [3.8, 4) is 11.5 Å². The van der Waals surface area contributed by atoms with Crippen molar-refractivity contribution in [3.05, 3.63) is 78.1 Å². The van der Waals surface area contributed by atoms with Gasteiger partial charge in [-0.25, -0.2) is 9.07 Å². The number of nitrogens with one attached hydrogen (secondary N) is 1. The Kier molecular flexibility index (Phi) is 8.23. The topological polar surface area (TPSA) is 98.6 Å². The summed E-state index contributed by atoms with van der Waals surface area (Å²) >= 11 is 0. The van der Waals surface area contributed by atoms with E-state index >= 15 is 4.39 Å². The lowest BCUT2D eigenvalue weighted by atomic mass is 9.94. The van der Waals surface area contributed by atoms with E-state index in [1.54, 1.807) is 36.4 Å². The summed E-state index contributed by atoms with van der Waals surface area (Å²) in [6.45, 7) is -0.226. The van der Waals surface area contributed by atoms with Crippen LogP contribution in [-0.2, 0) is 16.1 Å². The van der Waals surface area contributed by atoms with E-state index in [1.807, 2.05) is 18.2 Å². The van der Waals surface area contributed by atoms with E-state index in [2.05, 4.69) is 15.6 Å². The number of benzene rings is 3. The van der Waals surface area contributed by atoms with Crippen LogP contribution in [0.15, 0.2) is 66.7 Å². The number of methoxy groups -OCH3 is 2. The summed E-state index contributed by atoms with van der Waals surface area (Å²) in [6, 6.07) is 16.9. The molecule has 1 heterocycles. The van der Waals surface area contributed by atoms with E-state index in [9.17, 15) is 9.59 Å². The van der Waals surface area contributed by atoms with E-state index in [-0.39, 0.29) is 18.2 Å². The molecule has 0 radical (unpaired) electrons. The molecule has 10 heteroatoms. The molecule has 4 aromatic rings. The van der Waals surface area contributed by atoms with Crippen LogP contribution >= 0.6 is 0 Å². The van der Waals surface area contributed by atoms with Gasteiger partial charge in [0, 0.05) is 23.4 Å². The third-order valence-electron chi connectivity index (χ3n) is 7.28. The number of rotatable bonds is 9. The minimum atomic E-state index is -1.29. The number of nitrogens with zero attached hydrogens (tertiary/aromatic N) is 4. The molecule has 0 saturated heterocycles. The molecule has 1 aromatic heterocycles. The Balaban J connectivity index is 1.61. The molecule has 5 rings (SSSR count). The Hall–Kier alpha value is -4.47. The molecule has 1 aliphatic rings. The quantitative estimate of drug-likeness (QED) is 0.324. The maximum Gasteiger partial charge on any atom is 0.249 e. The summed E-state index contributed by atoms with van der Waals surface area (Å²) < 4.78 is 27.7. The minimum absolute atomic E-state index is 0.0443. The summed E-state index contributed by atoms with van der Waals surface area (Å²) in [5.41, 5.74) is 1.73. The molecule has 1 fully saturated rings. The van der Waals surface area contributed by atoms with Gasteiger partial charge >= 0.3 is 0 Å². The van der Waals surface area contributed by atoms with Crippen molar-refractivity contribution in [2.24, 2.45) is 0 Å². The van der Waals surface area contributed by atoms with Gasteiger partial charge in [0.2, 0.25) is 11.8 Å². The maximum absolute atomic E-state index is 15.4. The second-order valence-corrected chi connectivity index (χ2v) is 9.81. The van der Waals surface area contributed by atoms with Crippen molar-refractivity contribution in [1.29, 1.82) is 0 Å². The molecule has 2 amide bonds. The molecule has 3 aromatic carbocycles. The molecule has 40 heavy (non-hydrogen) atoms. The number of hydrogen-bond donors (Lipinski definition) is 1. The normalized spacial score (nSPS) is 14.5. The molecule has 9 nitrogen and oxygen atoms in total. The highest BCUT2D eigenvalue weighted by Gasteiger charge is 2.36. The van der Waals surface area contributed by atoms with E-state index < -0.39 is 23.7 Å². The van der Waals surface area contributed by atoms with Crippen molar-refractivity contribution < 1.29 is 23.5 Å². The first kappa shape index (κ1) is 27.1. The van der Waals surface area contributed by atoms with Gasteiger partial charge in [0.25, 0.3) is 0 Å². The molecule has 0 unspecified atom stereocenters. The first-order chi connectivity index (χ1) is 19.5. The van der Waals surface area contributed by atoms with E-state index in [0.717, 1.165) is 32.1 Å². The van der Waals surface area contributed by atoms with Crippen LogP contribution in [0.2, 0.25) is 0 Å². The smallest absolute Gasteiger partial charge is 0.249 e. The lowest BCUT2D eigenvalue weighted by molar-refractivity contribution is -0.127. The zero-order chi connectivity index (χ0) is 28.1. The van der Waals surface area contributed by atoms with Crippen molar-refractivity contribution in [2.75, 3.05) is 19.1 Å². The summed E-state index contributed by atoms with van der Waals surface area (Å²) in [6.07, 6.45) is 4.81. The van der Waals surface area contributed by atoms with Crippen LogP contribution in [0.25, 0.3) is 11.0 Å². The zero-order valence-electron chi connectivity index (χ0n) is 22.5. The van der Waals surface area contributed by atoms with E-state index in [1.165, 1.54) is 35.9 Å². The summed E-state index contributed by atoms with van der Waals surface area (Å²) in [7, 11) is 3.00. The van der Waals surface area contributed by atoms with E-state index in [4.69, 9.17) is 9.47 Å². The van der Waals surface area contributed by atoms with Crippen LogP contribution < -0.4 is 19.7 Å². The van der Waals surface area contributed by atoms with Crippen molar-refractivity contribution in [1.82, 2.24) is 20.3 Å². The zero-order valence-corrected chi connectivity index (χ0v) is 22.5. The Morgan fingerprint density at radius 1 is 1.00 bits per heavy atom. The van der Waals surface area contributed by atoms with Gasteiger partial charge in [-0.1, -0.05) is 54.8 Å². The second kappa shape index (κ2) is 12.1. The van der Waals surface area contributed by atoms with Gasteiger partial charge in [-0.3, -0.25) is 14.5 Å². The Morgan fingerprint density at radius 3 is 2.48 bits per heavy atom. The highest BCUT2D eigenvalue weighted by molar-refractivity contribution is 6.02. The fraction of sp³-hybridized carbons (Fsp3) is 0.333. The second-order valence-electron chi connectivity index (χ2n) is 9.81. The van der Waals surface area contributed by atoms with Gasteiger partial charge < -0.3 is 14.8 Å². The van der Waals surface area contributed by atoms with Crippen molar-refractivity contribution >= 4 is 28.5 Å². The Bertz CT molecular complexity index is 1500. The van der Waals surface area contributed by atoms with Gasteiger partial charge in [-0.2, -0.15) is 0 Å². The number of hydrogen-bond acceptors (Lipinski definition) is 6. The molecule has 208 valence electrons. The van der Waals surface area contributed by atoms with Crippen molar-refractivity contribution in [2.45, 2.75) is 50.7 Å². The molecule has 1 atom stereocenters. The summed E-state index contributed by atoms with van der Waals surface area (Å²) in [4.78, 5) is 29.5. The van der Waals surface area contributed by atoms with Crippen LogP contribution in [-0.4, -0.2) is 47.1 Å². The third-order valence-corrected chi connectivity index (χ3v) is 7.28. The number of carbonyl (C=O) groups excluding carboxylic acids is 2. The number of amides is 2. The highest BCUT2D eigenvalue weighted by Crippen LogP contribution is 2.36. The monoisotopic (exact) mass is 545 g/mol. The lowest BCUT2D eigenvalue weighted by Gasteiger charge is -2.34. The van der Waals surface area contributed by atoms with Crippen LogP contribution in [0, 0.1) is 5.82 Å². The average molecular weight is 546 g/mol. The van der Waals surface area contributed by atoms with Crippen LogP contribution in [0.1, 0.15) is 43.7 Å². The number of fused-ring (bicyclic) bond motifs is 1. The van der Waals surface area contributed by atoms with Gasteiger partial charge in [0.1, 0.15) is 23.9 Å².